The Morgan fingerprint density at radius 3 is 2.40 bits per heavy atom. The molecule has 0 aromatic rings. The molecule has 1 heterocycles. The molecule has 0 unspecified atom stereocenters. The van der Waals surface area contributed by atoms with Crippen LogP contribution >= 0.6 is 0 Å². The smallest absolute Gasteiger partial charge is 0.0981 e. The van der Waals surface area contributed by atoms with Crippen molar-refractivity contribution in [2.75, 3.05) is 20.2 Å². The van der Waals surface area contributed by atoms with E-state index in [1.54, 1.807) is 7.11 Å². The summed E-state index contributed by atoms with van der Waals surface area (Å²) in [6.07, 6.45) is 2.78. The van der Waals surface area contributed by atoms with Crippen molar-refractivity contribution in [2.24, 2.45) is 0 Å². The summed E-state index contributed by atoms with van der Waals surface area (Å²) < 4.78 is 5.25. The standard InChI is InChI=1S/C11H21NO3/c1-15-9-5-4-8(13)10(11(9)14)12-6-2-3-7-12/h8-11,13-14H,2-7H2,1H3/t8-,9+,10+,11-/m1/s1. The highest BCUT2D eigenvalue weighted by atomic mass is 16.5. The van der Waals surface area contributed by atoms with Crippen LogP contribution in [0.2, 0.25) is 0 Å². The zero-order chi connectivity index (χ0) is 10.8. The van der Waals surface area contributed by atoms with Crippen LogP contribution in [0.25, 0.3) is 0 Å². The Labute approximate surface area is 90.8 Å². The first-order chi connectivity index (χ1) is 7.24. The molecule has 1 aliphatic carbocycles. The minimum atomic E-state index is -0.545. The fourth-order valence-corrected chi connectivity index (χ4v) is 2.88. The van der Waals surface area contributed by atoms with Crippen molar-refractivity contribution in [3.63, 3.8) is 0 Å². The second-order valence-electron chi connectivity index (χ2n) is 4.64. The summed E-state index contributed by atoms with van der Waals surface area (Å²) in [4.78, 5) is 2.21. The van der Waals surface area contributed by atoms with Gasteiger partial charge in [-0.2, -0.15) is 0 Å². The number of ether oxygens (including phenoxy) is 1. The first kappa shape index (κ1) is 11.3. The van der Waals surface area contributed by atoms with E-state index in [1.807, 2.05) is 0 Å². The summed E-state index contributed by atoms with van der Waals surface area (Å²) in [6, 6.07) is -0.119. The van der Waals surface area contributed by atoms with Crippen LogP contribution in [0.1, 0.15) is 25.7 Å². The average Bonchev–Trinajstić information content (AvgIpc) is 2.71. The minimum Gasteiger partial charge on any atom is -0.391 e. The van der Waals surface area contributed by atoms with Gasteiger partial charge in [0.25, 0.3) is 0 Å². The second kappa shape index (κ2) is 4.78. The Morgan fingerprint density at radius 2 is 1.80 bits per heavy atom. The van der Waals surface area contributed by atoms with Gasteiger partial charge in [-0.1, -0.05) is 0 Å². The molecule has 2 rings (SSSR count). The topological polar surface area (TPSA) is 52.9 Å². The van der Waals surface area contributed by atoms with Gasteiger partial charge in [0.1, 0.15) is 0 Å². The number of likely N-dealkylation sites (tertiary alicyclic amines) is 1. The van der Waals surface area contributed by atoms with Gasteiger partial charge in [-0.05, 0) is 38.8 Å². The van der Waals surface area contributed by atoms with Crippen molar-refractivity contribution < 1.29 is 14.9 Å². The highest BCUT2D eigenvalue weighted by molar-refractivity contribution is 4.95. The first-order valence-electron chi connectivity index (χ1n) is 5.87. The number of rotatable bonds is 2. The number of aliphatic hydroxyl groups excluding tert-OH is 2. The summed E-state index contributed by atoms with van der Waals surface area (Å²) in [5.41, 5.74) is 0. The van der Waals surface area contributed by atoms with Gasteiger partial charge >= 0.3 is 0 Å². The van der Waals surface area contributed by atoms with Gasteiger partial charge in [0.2, 0.25) is 0 Å². The number of methoxy groups -OCH3 is 1. The van der Waals surface area contributed by atoms with Crippen LogP contribution in [0.4, 0.5) is 0 Å². The van der Waals surface area contributed by atoms with Gasteiger partial charge in [0, 0.05) is 7.11 Å². The van der Waals surface area contributed by atoms with Gasteiger partial charge in [-0.25, -0.2) is 0 Å². The van der Waals surface area contributed by atoms with Gasteiger partial charge in [0.05, 0.1) is 24.4 Å². The van der Waals surface area contributed by atoms with Crippen molar-refractivity contribution >= 4 is 0 Å². The lowest BCUT2D eigenvalue weighted by molar-refractivity contribution is -0.119. The van der Waals surface area contributed by atoms with Crippen LogP contribution < -0.4 is 0 Å². The molecule has 0 bridgehead atoms. The van der Waals surface area contributed by atoms with Crippen molar-refractivity contribution in [1.29, 1.82) is 0 Å². The molecule has 0 aromatic heterocycles. The van der Waals surface area contributed by atoms with Crippen LogP contribution in [-0.4, -0.2) is 59.7 Å². The molecule has 1 saturated heterocycles. The third-order valence-corrected chi connectivity index (χ3v) is 3.74. The molecule has 0 spiro atoms. The van der Waals surface area contributed by atoms with Crippen molar-refractivity contribution in [3.8, 4) is 0 Å². The molecule has 88 valence electrons. The fourth-order valence-electron chi connectivity index (χ4n) is 2.88. The van der Waals surface area contributed by atoms with Crippen molar-refractivity contribution in [1.82, 2.24) is 4.90 Å². The van der Waals surface area contributed by atoms with Crippen LogP contribution in [0.5, 0.6) is 0 Å². The van der Waals surface area contributed by atoms with Crippen molar-refractivity contribution in [2.45, 2.75) is 50.0 Å². The quantitative estimate of drug-likeness (QED) is 0.680. The van der Waals surface area contributed by atoms with E-state index < -0.39 is 12.2 Å². The highest BCUT2D eigenvalue weighted by Crippen LogP contribution is 2.28. The van der Waals surface area contributed by atoms with E-state index in [0.29, 0.717) is 0 Å². The lowest BCUT2D eigenvalue weighted by Crippen LogP contribution is -2.57. The van der Waals surface area contributed by atoms with E-state index in [9.17, 15) is 10.2 Å². The number of nitrogens with zero attached hydrogens (tertiary/aromatic N) is 1. The van der Waals surface area contributed by atoms with Crippen LogP contribution in [0, 0.1) is 0 Å². The molecule has 2 aliphatic rings. The molecular weight excluding hydrogens is 194 g/mol. The van der Waals surface area contributed by atoms with E-state index in [0.717, 1.165) is 25.9 Å². The van der Waals surface area contributed by atoms with E-state index in [1.165, 1.54) is 12.8 Å². The molecule has 1 aliphatic heterocycles. The third-order valence-electron chi connectivity index (χ3n) is 3.74. The summed E-state index contributed by atoms with van der Waals surface area (Å²) in [5.74, 6) is 0. The van der Waals surface area contributed by atoms with Crippen molar-refractivity contribution in [3.05, 3.63) is 0 Å². The maximum atomic E-state index is 10.1. The first-order valence-corrected chi connectivity index (χ1v) is 5.87. The molecule has 2 fully saturated rings. The summed E-state index contributed by atoms with van der Waals surface area (Å²) in [5, 5.41) is 20.1. The van der Waals surface area contributed by atoms with E-state index in [4.69, 9.17) is 4.74 Å². The predicted molar refractivity (Wildman–Crippen MR) is 56.6 cm³/mol. The lowest BCUT2D eigenvalue weighted by Gasteiger charge is -2.42. The molecule has 1 saturated carbocycles. The van der Waals surface area contributed by atoms with E-state index >= 15 is 0 Å². The number of aliphatic hydroxyl groups is 2. The predicted octanol–water partition coefficient (Wildman–Crippen LogP) is -0.0186. The van der Waals surface area contributed by atoms with Crippen LogP contribution in [0.3, 0.4) is 0 Å². The van der Waals surface area contributed by atoms with Gasteiger partial charge in [-0.3, -0.25) is 4.90 Å². The van der Waals surface area contributed by atoms with E-state index in [2.05, 4.69) is 4.90 Å². The second-order valence-corrected chi connectivity index (χ2v) is 4.64. The Morgan fingerprint density at radius 1 is 1.13 bits per heavy atom. The fraction of sp³-hybridized carbons (Fsp3) is 1.00. The molecular formula is C11H21NO3. The molecule has 4 atom stereocenters. The Balaban J connectivity index is 2.04. The number of hydrogen-bond donors (Lipinski definition) is 2. The minimum absolute atomic E-state index is 0.112. The average molecular weight is 215 g/mol. The monoisotopic (exact) mass is 215 g/mol. The number of hydrogen-bond acceptors (Lipinski definition) is 4. The molecule has 0 aromatic carbocycles. The third kappa shape index (κ3) is 2.18. The van der Waals surface area contributed by atoms with Crippen LogP contribution in [0.15, 0.2) is 0 Å². The van der Waals surface area contributed by atoms with E-state index in [-0.39, 0.29) is 12.1 Å². The SMILES string of the molecule is CO[C@H]1CC[C@@H](O)[C@H](N2CCCC2)[C@@H]1O. The maximum Gasteiger partial charge on any atom is 0.0981 e. The highest BCUT2D eigenvalue weighted by Gasteiger charge is 2.41. The van der Waals surface area contributed by atoms with Crippen LogP contribution in [-0.2, 0) is 4.74 Å². The summed E-state index contributed by atoms with van der Waals surface area (Å²) >= 11 is 0. The molecule has 4 heteroatoms. The Hall–Kier alpha value is -0.160. The molecule has 15 heavy (non-hydrogen) atoms. The summed E-state index contributed by atoms with van der Waals surface area (Å²) in [6.45, 7) is 1.99. The lowest BCUT2D eigenvalue weighted by atomic mass is 9.86. The molecule has 2 N–H and O–H groups in total. The normalized spacial score (nSPS) is 43.4. The molecule has 4 nitrogen and oxygen atoms in total. The molecule has 0 radical (unpaired) electrons. The van der Waals surface area contributed by atoms with Gasteiger partial charge in [0.15, 0.2) is 0 Å². The Kier molecular flexibility index (Phi) is 3.61. The zero-order valence-corrected chi connectivity index (χ0v) is 9.30. The largest absolute Gasteiger partial charge is 0.391 e. The summed E-state index contributed by atoms with van der Waals surface area (Å²) in [7, 11) is 1.63. The Bertz CT molecular complexity index is 206. The maximum absolute atomic E-state index is 10.1. The van der Waals surface area contributed by atoms with Gasteiger partial charge in [-0.15, -0.1) is 0 Å². The van der Waals surface area contributed by atoms with Gasteiger partial charge < -0.3 is 14.9 Å². The zero-order valence-electron chi connectivity index (χ0n) is 9.30. The molecule has 0 amide bonds.